The van der Waals surface area contributed by atoms with Crippen LogP contribution in [-0.2, 0) is 11.3 Å². The van der Waals surface area contributed by atoms with Crippen molar-refractivity contribution in [1.29, 1.82) is 0 Å². The zero-order chi connectivity index (χ0) is 15.4. The van der Waals surface area contributed by atoms with Gasteiger partial charge in [-0.15, -0.1) is 0 Å². The number of rotatable bonds is 5. The number of halogens is 2. The van der Waals surface area contributed by atoms with Gasteiger partial charge in [-0.2, -0.15) is 0 Å². The van der Waals surface area contributed by atoms with Crippen LogP contribution in [-0.4, -0.2) is 25.5 Å². The van der Waals surface area contributed by atoms with E-state index < -0.39 is 0 Å². The molecule has 1 aromatic heterocycles. The van der Waals surface area contributed by atoms with Crippen LogP contribution in [0.15, 0.2) is 41.1 Å². The standard InChI is InChI=1S/C15H15BrClN3O/c1-19(9-11-7-12(17)15(16)18-8-11)13-5-3-4-6-14(13)20(2)10-21/h3-8,10H,9H2,1-2H3. The van der Waals surface area contributed by atoms with Gasteiger partial charge in [-0.1, -0.05) is 23.7 Å². The highest BCUT2D eigenvalue weighted by Crippen LogP contribution is 2.28. The molecule has 0 aliphatic carbocycles. The van der Waals surface area contributed by atoms with Gasteiger partial charge in [0.15, 0.2) is 0 Å². The van der Waals surface area contributed by atoms with E-state index in [9.17, 15) is 4.79 Å². The van der Waals surface area contributed by atoms with Crippen LogP contribution in [0.3, 0.4) is 0 Å². The van der Waals surface area contributed by atoms with Gasteiger partial charge < -0.3 is 9.80 Å². The van der Waals surface area contributed by atoms with E-state index in [0.29, 0.717) is 16.2 Å². The molecule has 0 N–H and O–H groups in total. The molecule has 2 rings (SSSR count). The summed E-state index contributed by atoms with van der Waals surface area (Å²) in [5.41, 5.74) is 2.81. The first-order chi connectivity index (χ1) is 10.0. The number of hydrogen-bond donors (Lipinski definition) is 0. The highest BCUT2D eigenvalue weighted by Gasteiger charge is 2.11. The number of amides is 1. The molecular weight excluding hydrogens is 354 g/mol. The third-order valence-electron chi connectivity index (χ3n) is 3.10. The van der Waals surface area contributed by atoms with E-state index in [-0.39, 0.29) is 0 Å². The lowest BCUT2D eigenvalue weighted by atomic mass is 10.2. The maximum Gasteiger partial charge on any atom is 0.213 e. The monoisotopic (exact) mass is 367 g/mol. The Kier molecular flexibility index (Phi) is 5.20. The van der Waals surface area contributed by atoms with Crippen LogP contribution in [0, 0.1) is 0 Å². The fourth-order valence-corrected chi connectivity index (χ4v) is 2.45. The van der Waals surface area contributed by atoms with Crippen LogP contribution in [0.25, 0.3) is 0 Å². The molecule has 6 heteroatoms. The van der Waals surface area contributed by atoms with Crippen LogP contribution in [0.5, 0.6) is 0 Å². The van der Waals surface area contributed by atoms with Crippen LogP contribution in [0.2, 0.25) is 5.02 Å². The fourth-order valence-electron chi connectivity index (χ4n) is 2.05. The van der Waals surface area contributed by atoms with Crippen molar-refractivity contribution in [1.82, 2.24) is 4.98 Å². The summed E-state index contributed by atoms with van der Waals surface area (Å²) in [5.74, 6) is 0. The molecule has 1 heterocycles. The first-order valence-electron chi connectivity index (χ1n) is 6.31. The van der Waals surface area contributed by atoms with Crippen molar-refractivity contribution in [2.75, 3.05) is 23.9 Å². The molecule has 1 aromatic carbocycles. The van der Waals surface area contributed by atoms with E-state index in [4.69, 9.17) is 11.6 Å². The Bertz CT molecular complexity index is 651. The average Bonchev–Trinajstić information content (AvgIpc) is 2.50. The minimum atomic E-state index is 0.583. The number of carbonyl (C=O) groups excluding carboxylic acids is 1. The SMILES string of the molecule is CN(C=O)c1ccccc1N(C)Cc1cnc(Br)c(Cl)c1. The molecule has 2 aromatic rings. The molecule has 0 aliphatic rings. The van der Waals surface area contributed by atoms with Crippen LogP contribution >= 0.6 is 27.5 Å². The van der Waals surface area contributed by atoms with Crippen molar-refractivity contribution < 1.29 is 4.79 Å². The van der Waals surface area contributed by atoms with Crippen LogP contribution in [0.4, 0.5) is 11.4 Å². The van der Waals surface area contributed by atoms with Crippen molar-refractivity contribution in [2.45, 2.75) is 6.54 Å². The minimum Gasteiger partial charge on any atom is -0.369 e. The molecule has 0 unspecified atom stereocenters. The van der Waals surface area contributed by atoms with Crippen molar-refractivity contribution in [3.63, 3.8) is 0 Å². The third-order valence-corrected chi connectivity index (χ3v) is 4.25. The highest BCUT2D eigenvalue weighted by molar-refractivity contribution is 9.10. The van der Waals surface area contributed by atoms with E-state index in [1.807, 2.05) is 37.4 Å². The molecule has 110 valence electrons. The van der Waals surface area contributed by atoms with E-state index >= 15 is 0 Å². The van der Waals surface area contributed by atoms with Gasteiger partial charge in [-0.3, -0.25) is 4.79 Å². The van der Waals surface area contributed by atoms with Gasteiger partial charge in [0.1, 0.15) is 4.60 Å². The lowest BCUT2D eigenvalue weighted by molar-refractivity contribution is -0.107. The summed E-state index contributed by atoms with van der Waals surface area (Å²) < 4.78 is 0.636. The fraction of sp³-hybridized carbons (Fsp3) is 0.200. The lowest BCUT2D eigenvalue weighted by Crippen LogP contribution is -2.22. The first kappa shape index (κ1) is 15.8. The smallest absolute Gasteiger partial charge is 0.213 e. The van der Waals surface area contributed by atoms with Gasteiger partial charge in [0.25, 0.3) is 0 Å². The number of benzene rings is 1. The summed E-state index contributed by atoms with van der Waals surface area (Å²) in [4.78, 5) is 18.8. The van der Waals surface area contributed by atoms with Crippen molar-refractivity contribution in [3.05, 3.63) is 51.7 Å². The second-order valence-corrected chi connectivity index (χ2v) is 5.84. The Hall–Kier alpha value is -1.59. The normalized spacial score (nSPS) is 10.3. The Morgan fingerprint density at radius 2 is 1.95 bits per heavy atom. The highest BCUT2D eigenvalue weighted by atomic mass is 79.9. The number of carbonyl (C=O) groups is 1. The molecule has 0 saturated carbocycles. The summed E-state index contributed by atoms with van der Waals surface area (Å²) in [5, 5.41) is 0.583. The van der Waals surface area contributed by atoms with Crippen molar-refractivity contribution in [2.24, 2.45) is 0 Å². The molecule has 0 fully saturated rings. The van der Waals surface area contributed by atoms with Crippen molar-refractivity contribution >= 4 is 45.3 Å². The zero-order valence-electron chi connectivity index (χ0n) is 11.8. The van der Waals surface area contributed by atoms with Gasteiger partial charge >= 0.3 is 0 Å². The number of anilines is 2. The molecule has 21 heavy (non-hydrogen) atoms. The largest absolute Gasteiger partial charge is 0.369 e. The summed E-state index contributed by atoms with van der Waals surface area (Å²) in [6.07, 6.45) is 2.57. The number of pyridine rings is 1. The number of para-hydroxylation sites is 2. The van der Waals surface area contributed by atoms with Gasteiger partial charge in [0.05, 0.1) is 16.4 Å². The molecule has 0 radical (unpaired) electrons. The maximum atomic E-state index is 11.0. The minimum absolute atomic E-state index is 0.583. The predicted octanol–water partition coefficient (Wildman–Crippen LogP) is 3.73. The van der Waals surface area contributed by atoms with Gasteiger partial charge in [0, 0.05) is 26.8 Å². The van der Waals surface area contributed by atoms with Crippen LogP contribution in [0.1, 0.15) is 5.56 Å². The molecule has 0 spiro atoms. The number of nitrogens with zero attached hydrogens (tertiary/aromatic N) is 3. The van der Waals surface area contributed by atoms with Gasteiger partial charge in [0.2, 0.25) is 6.41 Å². The Labute approximate surface area is 137 Å². The molecule has 0 saturated heterocycles. The molecule has 1 amide bonds. The predicted molar refractivity (Wildman–Crippen MR) is 90.0 cm³/mol. The topological polar surface area (TPSA) is 36.4 Å². The average molecular weight is 369 g/mol. The molecular formula is C15H15BrClN3O. The third kappa shape index (κ3) is 3.74. The second-order valence-electron chi connectivity index (χ2n) is 4.68. The van der Waals surface area contributed by atoms with E-state index in [0.717, 1.165) is 23.3 Å². The Balaban J connectivity index is 2.26. The molecule has 4 nitrogen and oxygen atoms in total. The van der Waals surface area contributed by atoms with E-state index in [1.165, 1.54) is 0 Å². The summed E-state index contributed by atoms with van der Waals surface area (Å²) in [6.45, 7) is 0.643. The number of aromatic nitrogens is 1. The zero-order valence-corrected chi connectivity index (χ0v) is 14.1. The first-order valence-corrected chi connectivity index (χ1v) is 7.48. The van der Waals surface area contributed by atoms with E-state index in [2.05, 4.69) is 25.8 Å². The van der Waals surface area contributed by atoms with Gasteiger partial charge in [-0.05, 0) is 39.7 Å². The summed E-state index contributed by atoms with van der Waals surface area (Å²) in [7, 11) is 3.70. The van der Waals surface area contributed by atoms with Gasteiger partial charge in [-0.25, -0.2) is 4.98 Å². The molecule has 0 atom stereocenters. The van der Waals surface area contributed by atoms with Crippen molar-refractivity contribution in [3.8, 4) is 0 Å². The quantitative estimate of drug-likeness (QED) is 0.596. The maximum absolute atomic E-state index is 11.0. The molecule has 0 aliphatic heterocycles. The lowest BCUT2D eigenvalue weighted by Gasteiger charge is -2.25. The number of hydrogen-bond acceptors (Lipinski definition) is 3. The Morgan fingerprint density at radius 3 is 2.57 bits per heavy atom. The van der Waals surface area contributed by atoms with E-state index in [1.54, 1.807) is 18.1 Å². The summed E-state index contributed by atoms with van der Waals surface area (Å²) >= 11 is 9.34. The summed E-state index contributed by atoms with van der Waals surface area (Å²) in [6, 6.07) is 9.61. The Morgan fingerprint density at radius 1 is 1.29 bits per heavy atom. The second kappa shape index (κ2) is 6.91. The van der Waals surface area contributed by atoms with Crippen LogP contribution < -0.4 is 9.80 Å². The molecule has 0 bridgehead atoms.